The molecule has 0 unspecified atom stereocenters. The summed E-state index contributed by atoms with van der Waals surface area (Å²) in [5.74, 6) is 0.544. The summed E-state index contributed by atoms with van der Waals surface area (Å²) in [5, 5.41) is 0. The van der Waals surface area contributed by atoms with E-state index in [1.165, 1.54) is 0 Å². The number of hydrogen-bond donors (Lipinski definition) is 0. The van der Waals surface area contributed by atoms with Crippen molar-refractivity contribution in [2.24, 2.45) is 0 Å². The third kappa shape index (κ3) is 5.36. The highest BCUT2D eigenvalue weighted by atomic mass is 16.7. The van der Waals surface area contributed by atoms with E-state index in [1.807, 2.05) is 46.3 Å². The van der Waals surface area contributed by atoms with Crippen LogP contribution in [0.25, 0.3) is 0 Å². The van der Waals surface area contributed by atoms with Gasteiger partial charge in [0.15, 0.2) is 0 Å². The molecule has 0 saturated heterocycles. The van der Waals surface area contributed by atoms with Crippen molar-refractivity contribution >= 4 is 6.16 Å². The van der Waals surface area contributed by atoms with Crippen LogP contribution in [0, 0.1) is 6.92 Å². The van der Waals surface area contributed by atoms with Crippen LogP contribution in [0.2, 0.25) is 0 Å². The van der Waals surface area contributed by atoms with Gasteiger partial charge in [-0.25, -0.2) is 4.79 Å². The van der Waals surface area contributed by atoms with Gasteiger partial charge in [0.1, 0.15) is 18.9 Å². The third-order valence-electron chi connectivity index (χ3n) is 2.27. The summed E-state index contributed by atoms with van der Waals surface area (Å²) >= 11 is 0. The molecule has 1 aromatic carbocycles. The van der Waals surface area contributed by atoms with E-state index in [0.29, 0.717) is 12.4 Å². The lowest BCUT2D eigenvalue weighted by atomic mass is 10.2. The Morgan fingerprint density at radius 3 is 2.47 bits per heavy atom. The number of nitrogens with zero attached hydrogens (tertiary/aromatic N) is 1. The van der Waals surface area contributed by atoms with Crippen molar-refractivity contribution in [1.29, 1.82) is 0 Å². The molecule has 0 amide bonds. The zero-order chi connectivity index (χ0) is 12.9. The molecule has 0 spiro atoms. The van der Waals surface area contributed by atoms with E-state index in [2.05, 4.69) is 0 Å². The number of hydrogen-bond acceptors (Lipinski definition) is 3. The minimum atomic E-state index is -0.646. The van der Waals surface area contributed by atoms with Gasteiger partial charge in [0.25, 0.3) is 0 Å². The van der Waals surface area contributed by atoms with E-state index in [4.69, 9.17) is 9.47 Å². The van der Waals surface area contributed by atoms with Gasteiger partial charge in [0.05, 0.1) is 21.1 Å². The first-order valence-corrected chi connectivity index (χ1v) is 5.59. The Balaban J connectivity index is 2.38. The molecule has 0 saturated carbocycles. The monoisotopic (exact) mass is 238 g/mol. The average molecular weight is 238 g/mol. The molecule has 0 bridgehead atoms. The first-order chi connectivity index (χ1) is 7.88. The van der Waals surface area contributed by atoms with Gasteiger partial charge in [0, 0.05) is 0 Å². The second-order valence-corrected chi connectivity index (χ2v) is 4.98. The van der Waals surface area contributed by atoms with Crippen LogP contribution in [0.1, 0.15) is 5.56 Å². The molecular formula is C13H20NO3+. The van der Waals surface area contributed by atoms with Crippen LogP contribution in [0.3, 0.4) is 0 Å². The van der Waals surface area contributed by atoms with Crippen LogP contribution in [0.15, 0.2) is 24.3 Å². The van der Waals surface area contributed by atoms with Gasteiger partial charge in [-0.3, -0.25) is 0 Å². The van der Waals surface area contributed by atoms with Crippen molar-refractivity contribution < 1.29 is 18.8 Å². The van der Waals surface area contributed by atoms with E-state index < -0.39 is 6.16 Å². The lowest BCUT2D eigenvalue weighted by Crippen LogP contribution is -2.38. The van der Waals surface area contributed by atoms with Gasteiger partial charge >= 0.3 is 6.16 Å². The van der Waals surface area contributed by atoms with Crippen molar-refractivity contribution in [2.75, 3.05) is 34.3 Å². The highest BCUT2D eigenvalue weighted by Crippen LogP contribution is 2.16. The second kappa shape index (κ2) is 5.68. The summed E-state index contributed by atoms with van der Waals surface area (Å²) in [7, 11) is 6.11. The maximum absolute atomic E-state index is 11.4. The Bertz CT molecular complexity index is 382. The lowest BCUT2D eigenvalue weighted by molar-refractivity contribution is -0.870. The zero-order valence-electron chi connectivity index (χ0n) is 10.9. The number of quaternary nitrogens is 1. The van der Waals surface area contributed by atoms with Gasteiger partial charge in [-0.1, -0.05) is 18.2 Å². The molecule has 0 aliphatic rings. The predicted molar refractivity (Wildman–Crippen MR) is 66.1 cm³/mol. The Morgan fingerprint density at radius 1 is 1.24 bits per heavy atom. The zero-order valence-corrected chi connectivity index (χ0v) is 10.9. The molecule has 4 heteroatoms. The van der Waals surface area contributed by atoms with Gasteiger partial charge < -0.3 is 14.0 Å². The summed E-state index contributed by atoms with van der Waals surface area (Å²) in [6.07, 6.45) is -0.646. The highest BCUT2D eigenvalue weighted by molar-refractivity contribution is 5.64. The van der Waals surface area contributed by atoms with Crippen LogP contribution in [-0.4, -0.2) is 44.9 Å². The first-order valence-electron chi connectivity index (χ1n) is 5.59. The number of benzene rings is 1. The second-order valence-electron chi connectivity index (χ2n) is 4.98. The summed E-state index contributed by atoms with van der Waals surface area (Å²) < 4.78 is 10.8. The maximum Gasteiger partial charge on any atom is 0.514 e. The number of aryl methyl sites for hydroxylation is 1. The topological polar surface area (TPSA) is 35.5 Å². The smallest absolute Gasteiger partial charge is 0.428 e. The maximum atomic E-state index is 11.4. The Kier molecular flexibility index (Phi) is 4.52. The number of rotatable bonds is 4. The minimum Gasteiger partial charge on any atom is -0.428 e. The summed E-state index contributed by atoms with van der Waals surface area (Å²) in [4.78, 5) is 11.4. The molecule has 1 aromatic rings. The van der Waals surface area contributed by atoms with E-state index in [1.54, 1.807) is 6.07 Å². The number of para-hydroxylation sites is 1. The van der Waals surface area contributed by atoms with E-state index >= 15 is 0 Å². The standard InChI is InChI=1S/C13H20NO3/c1-11-7-5-6-8-12(11)17-13(15)16-10-9-14(2,3)4/h5-8H,9-10H2,1-4H3/q+1. The summed E-state index contributed by atoms with van der Waals surface area (Å²) in [5.41, 5.74) is 0.913. The largest absolute Gasteiger partial charge is 0.514 e. The number of likely N-dealkylation sites (N-methyl/N-ethyl adjacent to an activating group) is 1. The van der Waals surface area contributed by atoms with Gasteiger partial charge in [0.2, 0.25) is 0 Å². The molecule has 4 nitrogen and oxygen atoms in total. The van der Waals surface area contributed by atoms with Crippen LogP contribution in [-0.2, 0) is 4.74 Å². The molecule has 0 N–H and O–H groups in total. The van der Waals surface area contributed by atoms with Crippen molar-refractivity contribution in [1.82, 2.24) is 0 Å². The molecule has 0 aliphatic heterocycles. The predicted octanol–water partition coefficient (Wildman–Crippen LogP) is 2.22. The third-order valence-corrected chi connectivity index (χ3v) is 2.27. The van der Waals surface area contributed by atoms with Crippen LogP contribution in [0.4, 0.5) is 4.79 Å². The molecule has 0 aromatic heterocycles. The molecule has 0 atom stereocenters. The first kappa shape index (κ1) is 13.5. The highest BCUT2D eigenvalue weighted by Gasteiger charge is 2.11. The van der Waals surface area contributed by atoms with Crippen molar-refractivity contribution in [3.63, 3.8) is 0 Å². The average Bonchev–Trinajstić information content (AvgIpc) is 2.19. The molecular weight excluding hydrogens is 218 g/mol. The van der Waals surface area contributed by atoms with E-state index in [9.17, 15) is 4.79 Å². The fourth-order valence-corrected chi connectivity index (χ4v) is 1.19. The molecule has 0 fully saturated rings. The van der Waals surface area contributed by atoms with E-state index in [-0.39, 0.29) is 0 Å². The number of ether oxygens (including phenoxy) is 2. The van der Waals surface area contributed by atoms with Crippen molar-refractivity contribution in [3.8, 4) is 5.75 Å². The SMILES string of the molecule is Cc1ccccc1OC(=O)OCC[N+](C)(C)C. The summed E-state index contributed by atoms with van der Waals surface area (Å²) in [6.45, 7) is 2.99. The number of carbonyl (C=O) groups excluding carboxylic acids is 1. The minimum absolute atomic E-state index is 0.355. The van der Waals surface area contributed by atoms with Gasteiger partial charge in [-0.05, 0) is 18.6 Å². The van der Waals surface area contributed by atoms with Crippen LogP contribution in [0.5, 0.6) is 5.75 Å². The molecule has 0 radical (unpaired) electrons. The lowest BCUT2D eigenvalue weighted by Gasteiger charge is -2.23. The quantitative estimate of drug-likeness (QED) is 0.458. The van der Waals surface area contributed by atoms with Crippen molar-refractivity contribution in [2.45, 2.75) is 6.92 Å². The molecule has 0 aliphatic carbocycles. The number of carbonyl (C=O) groups is 1. The molecule has 17 heavy (non-hydrogen) atoms. The normalized spacial score (nSPS) is 11.1. The van der Waals surface area contributed by atoms with Crippen LogP contribution >= 0.6 is 0 Å². The molecule has 94 valence electrons. The molecule has 1 rings (SSSR count). The summed E-state index contributed by atoms with van der Waals surface area (Å²) in [6, 6.07) is 7.34. The fourth-order valence-electron chi connectivity index (χ4n) is 1.19. The van der Waals surface area contributed by atoms with E-state index in [0.717, 1.165) is 16.6 Å². The van der Waals surface area contributed by atoms with Gasteiger partial charge in [-0.15, -0.1) is 0 Å². The Labute approximate surface area is 102 Å². The van der Waals surface area contributed by atoms with Gasteiger partial charge in [-0.2, -0.15) is 0 Å². The fraction of sp³-hybridized carbons (Fsp3) is 0.462. The Hall–Kier alpha value is -1.55. The molecule has 0 heterocycles. The van der Waals surface area contributed by atoms with Crippen molar-refractivity contribution in [3.05, 3.63) is 29.8 Å². The van der Waals surface area contributed by atoms with Crippen LogP contribution < -0.4 is 4.74 Å². The Morgan fingerprint density at radius 2 is 1.88 bits per heavy atom.